The summed E-state index contributed by atoms with van der Waals surface area (Å²) in [6.45, 7) is 0.713. The normalized spacial score (nSPS) is 10.9. The quantitative estimate of drug-likeness (QED) is 0.601. The van der Waals surface area contributed by atoms with Gasteiger partial charge in [0.25, 0.3) is 0 Å². The van der Waals surface area contributed by atoms with Crippen molar-refractivity contribution in [1.29, 1.82) is 0 Å². The van der Waals surface area contributed by atoms with E-state index in [0.717, 1.165) is 16.7 Å². The van der Waals surface area contributed by atoms with E-state index in [1.54, 1.807) is 10.9 Å². The van der Waals surface area contributed by atoms with Crippen LogP contribution in [0.25, 0.3) is 11.0 Å². The SMILES string of the molecule is Cn1ncc2c(Nc3cccc(Cl)c3)nc(NCCCO)nc21. The maximum absolute atomic E-state index is 8.88. The molecule has 1 aromatic carbocycles. The third kappa shape index (κ3) is 3.52. The number of halogens is 1. The van der Waals surface area contributed by atoms with Crippen molar-refractivity contribution in [2.45, 2.75) is 6.42 Å². The van der Waals surface area contributed by atoms with Crippen LogP contribution >= 0.6 is 11.6 Å². The summed E-state index contributed by atoms with van der Waals surface area (Å²) in [5.41, 5.74) is 1.55. The molecule has 7 nitrogen and oxygen atoms in total. The Morgan fingerprint density at radius 3 is 2.96 bits per heavy atom. The number of aliphatic hydroxyl groups excluding tert-OH is 1. The number of aromatic nitrogens is 4. The van der Waals surface area contributed by atoms with Gasteiger partial charge in [0.2, 0.25) is 5.95 Å². The van der Waals surface area contributed by atoms with Gasteiger partial charge >= 0.3 is 0 Å². The first-order valence-corrected chi connectivity index (χ1v) is 7.62. The number of aliphatic hydroxyl groups is 1. The lowest BCUT2D eigenvalue weighted by molar-refractivity contribution is 0.292. The zero-order chi connectivity index (χ0) is 16.2. The topological polar surface area (TPSA) is 87.9 Å². The second-order valence-electron chi connectivity index (χ2n) is 5.04. The molecule has 0 aliphatic rings. The van der Waals surface area contributed by atoms with Crippen LogP contribution in [0.3, 0.4) is 0 Å². The van der Waals surface area contributed by atoms with Gasteiger partial charge in [0.15, 0.2) is 5.65 Å². The van der Waals surface area contributed by atoms with Crippen molar-refractivity contribution in [2.24, 2.45) is 7.05 Å². The maximum Gasteiger partial charge on any atom is 0.226 e. The predicted molar refractivity (Wildman–Crippen MR) is 91.2 cm³/mol. The molecule has 3 N–H and O–H groups in total. The summed E-state index contributed by atoms with van der Waals surface area (Å²) in [5, 5.41) is 20.9. The molecule has 0 saturated heterocycles. The minimum atomic E-state index is 0.120. The van der Waals surface area contributed by atoms with Crippen LogP contribution < -0.4 is 10.6 Å². The highest BCUT2D eigenvalue weighted by atomic mass is 35.5. The molecule has 8 heteroatoms. The number of fused-ring (bicyclic) bond motifs is 1. The van der Waals surface area contributed by atoms with Crippen LogP contribution in [-0.4, -0.2) is 38.0 Å². The zero-order valence-electron chi connectivity index (χ0n) is 12.6. The third-order valence-corrected chi connectivity index (χ3v) is 3.53. The lowest BCUT2D eigenvalue weighted by Gasteiger charge is -2.10. The van der Waals surface area contributed by atoms with Crippen molar-refractivity contribution in [3.63, 3.8) is 0 Å². The molecule has 0 atom stereocenters. The molecule has 120 valence electrons. The van der Waals surface area contributed by atoms with E-state index < -0.39 is 0 Å². The van der Waals surface area contributed by atoms with Gasteiger partial charge in [-0.25, -0.2) is 0 Å². The summed E-state index contributed by atoms with van der Waals surface area (Å²) in [5.74, 6) is 1.14. The van der Waals surface area contributed by atoms with Crippen LogP contribution in [0, 0.1) is 0 Å². The Hall–Kier alpha value is -2.38. The summed E-state index contributed by atoms with van der Waals surface area (Å²) < 4.78 is 1.69. The summed E-state index contributed by atoms with van der Waals surface area (Å²) >= 11 is 6.02. The Balaban J connectivity index is 1.96. The van der Waals surface area contributed by atoms with Gasteiger partial charge < -0.3 is 15.7 Å². The van der Waals surface area contributed by atoms with E-state index in [2.05, 4.69) is 25.7 Å². The van der Waals surface area contributed by atoms with E-state index in [0.29, 0.717) is 29.8 Å². The van der Waals surface area contributed by atoms with Crippen LogP contribution in [0.15, 0.2) is 30.5 Å². The van der Waals surface area contributed by atoms with Gasteiger partial charge in [-0.3, -0.25) is 4.68 Å². The number of nitrogens with one attached hydrogen (secondary N) is 2. The highest BCUT2D eigenvalue weighted by molar-refractivity contribution is 6.30. The largest absolute Gasteiger partial charge is 0.396 e. The van der Waals surface area contributed by atoms with Gasteiger partial charge in [-0.1, -0.05) is 17.7 Å². The molecule has 0 amide bonds. The third-order valence-electron chi connectivity index (χ3n) is 3.30. The minimum Gasteiger partial charge on any atom is -0.396 e. The standard InChI is InChI=1S/C15H17ClN6O/c1-22-14-12(9-18-22)13(19-11-5-2-4-10(16)8-11)20-15(21-14)17-6-3-7-23/h2,4-5,8-9,23H,3,6-7H2,1H3,(H2,17,19,20,21). The second kappa shape index (κ2) is 6.80. The molecular formula is C15H17ClN6O. The number of anilines is 3. The minimum absolute atomic E-state index is 0.120. The van der Waals surface area contributed by atoms with Gasteiger partial charge in [-0.2, -0.15) is 15.1 Å². The Labute approximate surface area is 138 Å². The number of rotatable bonds is 6. The van der Waals surface area contributed by atoms with Gasteiger partial charge in [-0.15, -0.1) is 0 Å². The summed E-state index contributed by atoms with van der Waals surface area (Å²) in [6.07, 6.45) is 2.35. The molecule has 0 spiro atoms. The van der Waals surface area contributed by atoms with E-state index in [-0.39, 0.29) is 6.61 Å². The Morgan fingerprint density at radius 2 is 2.17 bits per heavy atom. The van der Waals surface area contributed by atoms with Crippen LogP contribution in [-0.2, 0) is 7.05 Å². The molecule has 0 aliphatic heterocycles. The first-order chi connectivity index (χ1) is 11.2. The molecule has 0 saturated carbocycles. The number of benzene rings is 1. The molecule has 3 rings (SSSR count). The molecule has 3 aromatic rings. The highest BCUT2D eigenvalue weighted by Gasteiger charge is 2.12. The summed E-state index contributed by atoms with van der Waals surface area (Å²) in [4.78, 5) is 8.96. The molecule has 0 fully saturated rings. The van der Waals surface area contributed by atoms with Crippen molar-refractivity contribution in [3.8, 4) is 0 Å². The molecule has 0 aliphatic carbocycles. The number of hydrogen-bond acceptors (Lipinski definition) is 6. The monoisotopic (exact) mass is 332 g/mol. The van der Waals surface area contributed by atoms with Crippen LogP contribution in [0.2, 0.25) is 5.02 Å². The smallest absolute Gasteiger partial charge is 0.226 e. The fourth-order valence-corrected chi connectivity index (χ4v) is 2.37. The predicted octanol–water partition coefficient (Wildman–Crippen LogP) is 2.55. The van der Waals surface area contributed by atoms with Gasteiger partial charge in [0.1, 0.15) is 5.82 Å². The molecular weight excluding hydrogens is 316 g/mol. The first-order valence-electron chi connectivity index (χ1n) is 7.24. The van der Waals surface area contributed by atoms with Crippen molar-refractivity contribution < 1.29 is 5.11 Å². The Morgan fingerprint density at radius 1 is 1.30 bits per heavy atom. The van der Waals surface area contributed by atoms with Crippen LogP contribution in [0.5, 0.6) is 0 Å². The van der Waals surface area contributed by atoms with Crippen molar-refractivity contribution in [3.05, 3.63) is 35.5 Å². The van der Waals surface area contributed by atoms with E-state index in [9.17, 15) is 0 Å². The van der Waals surface area contributed by atoms with Crippen molar-refractivity contribution in [1.82, 2.24) is 19.7 Å². The van der Waals surface area contributed by atoms with Crippen LogP contribution in [0.1, 0.15) is 6.42 Å². The number of hydrogen-bond donors (Lipinski definition) is 3. The highest BCUT2D eigenvalue weighted by Crippen LogP contribution is 2.26. The second-order valence-corrected chi connectivity index (χ2v) is 5.48. The average molecular weight is 333 g/mol. The lowest BCUT2D eigenvalue weighted by Crippen LogP contribution is -2.09. The average Bonchev–Trinajstić information content (AvgIpc) is 2.90. The fourth-order valence-electron chi connectivity index (χ4n) is 2.18. The zero-order valence-corrected chi connectivity index (χ0v) is 13.4. The molecule has 2 heterocycles. The molecule has 2 aromatic heterocycles. The number of nitrogens with zero attached hydrogens (tertiary/aromatic N) is 4. The van der Waals surface area contributed by atoms with E-state index in [1.165, 1.54) is 0 Å². The van der Waals surface area contributed by atoms with Gasteiger partial charge in [0.05, 0.1) is 11.6 Å². The Bertz CT molecular complexity index is 819. The molecule has 0 unspecified atom stereocenters. The maximum atomic E-state index is 8.88. The van der Waals surface area contributed by atoms with E-state index >= 15 is 0 Å². The first kappa shape index (κ1) is 15.5. The summed E-state index contributed by atoms with van der Waals surface area (Å²) in [6, 6.07) is 7.42. The van der Waals surface area contributed by atoms with Crippen molar-refractivity contribution >= 4 is 40.1 Å². The van der Waals surface area contributed by atoms with Crippen LogP contribution in [0.4, 0.5) is 17.5 Å². The molecule has 0 radical (unpaired) electrons. The fraction of sp³-hybridized carbons (Fsp3) is 0.267. The number of aryl methyl sites for hydroxylation is 1. The van der Waals surface area contributed by atoms with Gasteiger partial charge in [-0.05, 0) is 24.6 Å². The molecule has 0 bridgehead atoms. The Kier molecular flexibility index (Phi) is 4.59. The van der Waals surface area contributed by atoms with E-state index in [4.69, 9.17) is 16.7 Å². The summed E-state index contributed by atoms with van der Waals surface area (Å²) in [7, 11) is 1.83. The van der Waals surface area contributed by atoms with E-state index in [1.807, 2.05) is 31.3 Å². The lowest BCUT2D eigenvalue weighted by atomic mass is 10.3. The van der Waals surface area contributed by atoms with Gasteiger partial charge in [0, 0.05) is 30.9 Å². The van der Waals surface area contributed by atoms with Crippen molar-refractivity contribution in [2.75, 3.05) is 23.8 Å². The molecule has 23 heavy (non-hydrogen) atoms.